The van der Waals surface area contributed by atoms with E-state index in [2.05, 4.69) is 5.32 Å². The van der Waals surface area contributed by atoms with Crippen molar-refractivity contribution < 1.29 is 8.42 Å². The van der Waals surface area contributed by atoms with Crippen molar-refractivity contribution in [2.45, 2.75) is 18.2 Å². The summed E-state index contributed by atoms with van der Waals surface area (Å²) in [6.45, 7) is 1.53. The Morgan fingerprint density at radius 2 is 1.95 bits per heavy atom. The topological polar surface area (TPSA) is 49.4 Å². The first-order valence-electron chi connectivity index (χ1n) is 6.01. The molecule has 1 aromatic rings. The first-order chi connectivity index (χ1) is 8.92. The SMILES string of the molecule is CN(C1CCNC1)S(=O)(=O)Cc1c(Cl)cccc1Cl.Cl. The van der Waals surface area contributed by atoms with E-state index >= 15 is 0 Å². The lowest BCUT2D eigenvalue weighted by atomic mass is 10.2. The Hall–Kier alpha value is -0.0400. The molecule has 1 aromatic carbocycles. The Balaban J connectivity index is 0.00000200. The van der Waals surface area contributed by atoms with Crippen LogP contribution in [0.25, 0.3) is 0 Å². The van der Waals surface area contributed by atoms with Crippen molar-refractivity contribution in [3.63, 3.8) is 0 Å². The number of sulfonamides is 1. The molecule has 0 spiro atoms. The van der Waals surface area contributed by atoms with Crippen LogP contribution in [-0.2, 0) is 15.8 Å². The zero-order valence-electron chi connectivity index (χ0n) is 11.0. The summed E-state index contributed by atoms with van der Waals surface area (Å²) in [6, 6.07) is 5.00. The van der Waals surface area contributed by atoms with Gasteiger partial charge in [0.2, 0.25) is 10.0 Å². The van der Waals surface area contributed by atoms with Crippen LogP contribution in [0.4, 0.5) is 0 Å². The minimum absolute atomic E-state index is 0. The Labute approximate surface area is 135 Å². The van der Waals surface area contributed by atoms with Gasteiger partial charge >= 0.3 is 0 Å². The highest BCUT2D eigenvalue weighted by Gasteiger charge is 2.29. The average molecular weight is 360 g/mol. The molecule has 4 nitrogen and oxygen atoms in total. The molecule has 0 bridgehead atoms. The van der Waals surface area contributed by atoms with Gasteiger partial charge in [0.15, 0.2) is 0 Å². The van der Waals surface area contributed by atoms with E-state index < -0.39 is 10.0 Å². The molecule has 1 saturated heterocycles. The van der Waals surface area contributed by atoms with Crippen molar-refractivity contribution >= 4 is 45.6 Å². The van der Waals surface area contributed by atoms with Crippen molar-refractivity contribution in [2.75, 3.05) is 20.1 Å². The Bertz CT molecular complexity index is 540. The van der Waals surface area contributed by atoms with Gasteiger partial charge in [0.1, 0.15) is 0 Å². The lowest BCUT2D eigenvalue weighted by Gasteiger charge is -2.23. The number of nitrogens with zero attached hydrogens (tertiary/aromatic N) is 1. The number of rotatable bonds is 4. The van der Waals surface area contributed by atoms with Crippen LogP contribution >= 0.6 is 35.6 Å². The molecule has 1 atom stereocenters. The average Bonchev–Trinajstić information content (AvgIpc) is 2.86. The minimum atomic E-state index is -3.42. The minimum Gasteiger partial charge on any atom is -0.315 e. The normalized spacial score (nSPS) is 19.1. The van der Waals surface area contributed by atoms with E-state index in [0.717, 1.165) is 13.0 Å². The third kappa shape index (κ3) is 4.00. The molecule has 0 saturated carbocycles. The standard InChI is InChI=1S/C12H16Cl2N2O2S.ClH/c1-16(9-5-6-15-7-9)19(17,18)8-10-11(13)3-2-4-12(10)14;/h2-4,9,15H,5-8H2,1H3;1H. The van der Waals surface area contributed by atoms with E-state index in [4.69, 9.17) is 23.2 Å². The van der Waals surface area contributed by atoms with E-state index in [9.17, 15) is 8.42 Å². The molecule has 0 aromatic heterocycles. The summed E-state index contributed by atoms with van der Waals surface area (Å²) in [6.07, 6.45) is 0.825. The number of hydrogen-bond donors (Lipinski definition) is 1. The van der Waals surface area contributed by atoms with Gasteiger partial charge < -0.3 is 5.32 Å². The van der Waals surface area contributed by atoms with E-state index in [1.807, 2.05) is 0 Å². The summed E-state index contributed by atoms with van der Waals surface area (Å²) in [7, 11) is -1.81. The van der Waals surface area contributed by atoms with Crippen LogP contribution in [0, 0.1) is 0 Å². The molecule has 0 aliphatic carbocycles. The largest absolute Gasteiger partial charge is 0.315 e. The summed E-state index contributed by atoms with van der Waals surface area (Å²) in [4.78, 5) is 0. The second-order valence-corrected chi connectivity index (χ2v) is 7.46. The lowest BCUT2D eigenvalue weighted by molar-refractivity contribution is 0.387. The van der Waals surface area contributed by atoms with Crippen LogP contribution in [0.2, 0.25) is 10.0 Å². The van der Waals surface area contributed by atoms with Gasteiger partial charge in [0, 0.05) is 35.2 Å². The molecular weight excluding hydrogens is 343 g/mol. The fourth-order valence-corrected chi connectivity index (χ4v) is 4.33. The van der Waals surface area contributed by atoms with Gasteiger partial charge in [-0.3, -0.25) is 0 Å². The maximum Gasteiger partial charge on any atom is 0.218 e. The third-order valence-corrected chi connectivity index (χ3v) is 5.91. The molecule has 1 N–H and O–H groups in total. The third-order valence-electron chi connectivity index (χ3n) is 3.38. The van der Waals surface area contributed by atoms with Gasteiger partial charge in [-0.25, -0.2) is 12.7 Å². The molecule has 1 heterocycles. The fourth-order valence-electron chi connectivity index (χ4n) is 2.13. The Morgan fingerprint density at radius 3 is 2.45 bits per heavy atom. The highest BCUT2D eigenvalue weighted by Crippen LogP contribution is 2.27. The second-order valence-electron chi connectivity index (χ2n) is 4.62. The molecule has 8 heteroatoms. The molecule has 2 rings (SSSR count). The summed E-state index contributed by atoms with van der Waals surface area (Å²) in [5, 5.41) is 3.92. The molecule has 1 aliphatic heterocycles. The molecule has 0 radical (unpaired) electrons. The van der Waals surface area contributed by atoms with Crippen molar-refractivity contribution in [2.24, 2.45) is 0 Å². The number of halogens is 3. The van der Waals surface area contributed by atoms with Gasteiger partial charge in [0.05, 0.1) is 5.75 Å². The van der Waals surface area contributed by atoms with Gasteiger partial charge in [-0.2, -0.15) is 0 Å². The van der Waals surface area contributed by atoms with E-state index in [1.54, 1.807) is 25.2 Å². The van der Waals surface area contributed by atoms with E-state index in [0.29, 0.717) is 22.2 Å². The Kier molecular flexibility index (Phi) is 6.57. The van der Waals surface area contributed by atoms with Crippen LogP contribution in [0.15, 0.2) is 18.2 Å². The molecule has 20 heavy (non-hydrogen) atoms. The number of likely N-dealkylation sites (N-methyl/N-ethyl adjacent to an activating group) is 1. The van der Waals surface area contributed by atoms with Gasteiger partial charge in [0.25, 0.3) is 0 Å². The molecule has 1 aliphatic rings. The quantitative estimate of drug-likeness (QED) is 0.899. The van der Waals surface area contributed by atoms with Crippen molar-refractivity contribution in [1.29, 1.82) is 0 Å². The number of hydrogen-bond acceptors (Lipinski definition) is 3. The highest BCUT2D eigenvalue weighted by atomic mass is 35.5. The predicted octanol–water partition coefficient (Wildman–Crippen LogP) is 2.54. The summed E-state index contributed by atoms with van der Waals surface area (Å²) in [5.74, 6) is -0.168. The van der Waals surface area contributed by atoms with Crippen LogP contribution in [-0.4, -0.2) is 38.9 Å². The number of benzene rings is 1. The predicted molar refractivity (Wildman–Crippen MR) is 85.4 cm³/mol. The van der Waals surface area contributed by atoms with E-state index in [-0.39, 0.29) is 24.2 Å². The highest BCUT2D eigenvalue weighted by molar-refractivity contribution is 7.88. The van der Waals surface area contributed by atoms with Crippen molar-refractivity contribution in [1.82, 2.24) is 9.62 Å². The first kappa shape index (κ1) is 18.0. The maximum absolute atomic E-state index is 12.4. The smallest absolute Gasteiger partial charge is 0.218 e. The van der Waals surface area contributed by atoms with Crippen LogP contribution in [0.3, 0.4) is 0 Å². The van der Waals surface area contributed by atoms with Gasteiger partial charge in [-0.15, -0.1) is 12.4 Å². The molecule has 0 amide bonds. The van der Waals surface area contributed by atoms with Crippen LogP contribution < -0.4 is 5.32 Å². The first-order valence-corrected chi connectivity index (χ1v) is 8.37. The van der Waals surface area contributed by atoms with Gasteiger partial charge in [-0.1, -0.05) is 29.3 Å². The van der Waals surface area contributed by atoms with E-state index in [1.165, 1.54) is 4.31 Å². The molecule has 1 unspecified atom stereocenters. The maximum atomic E-state index is 12.4. The zero-order valence-corrected chi connectivity index (χ0v) is 14.1. The molecule has 1 fully saturated rings. The Morgan fingerprint density at radius 1 is 1.35 bits per heavy atom. The van der Waals surface area contributed by atoms with Crippen LogP contribution in [0.1, 0.15) is 12.0 Å². The van der Waals surface area contributed by atoms with Crippen molar-refractivity contribution in [3.05, 3.63) is 33.8 Å². The monoisotopic (exact) mass is 358 g/mol. The second kappa shape index (κ2) is 7.29. The van der Waals surface area contributed by atoms with Crippen LogP contribution in [0.5, 0.6) is 0 Å². The number of nitrogens with one attached hydrogen (secondary N) is 1. The summed E-state index contributed by atoms with van der Waals surface area (Å²) in [5.41, 5.74) is 0.462. The summed E-state index contributed by atoms with van der Waals surface area (Å²) < 4.78 is 26.2. The fraction of sp³-hybridized carbons (Fsp3) is 0.500. The lowest BCUT2D eigenvalue weighted by Crippen LogP contribution is -2.39. The zero-order chi connectivity index (χ0) is 14.0. The van der Waals surface area contributed by atoms with Gasteiger partial charge in [-0.05, 0) is 25.1 Å². The summed E-state index contributed by atoms with van der Waals surface area (Å²) >= 11 is 12.0. The molecular formula is C12H17Cl3N2O2S. The molecule has 114 valence electrons. The van der Waals surface area contributed by atoms with Crippen molar-refractivity contribution in [3.8, 4) is 0 Å².